The van der Waals surface area contributed by atoms with Crippen molar-refractivity contribution < 1.29 is 0 Å². The minimum atomic E-state index is -0.415. The average molecular weight is 249 g/mol. The van der Waals surface area contributed by atoms with Crippen molar-refractivity contribution in [3.05, 3.63) is 34.1 Å². The van der Waals surface area contributed by atoms with Crippen molar-refractivity contribution in [2.45, 2.75) is 24.8 Å². The van der Waals surface area contributed by atoms with Gasteiger partial charge in [-0.1, -0.05) is 18.3 Å². The summed E-state index contributed by atoms with van der Waals surface area (Å²) >= 11 is 1.51. The van der Waals surface area contributed by atoms with E-state index in [2.05, 4.69) is 28.6 Å². The summed E-state index contributed by atoms with van der Waals surface area (Å²) < 4.78 is 0. The van der Waals surface area contributed by atoms with Crippen LogP contribution < -0.4 is 5.32 Å². The van der Waals surface area contributed by atoms with Crippen molar-refractivity contribution in [1.29, 1.82) is 0 Å². The van der Waals surface area contributed by atoms with E-state index in [-0.39, 0.29) is 0 Å². The molecule has 1 fully saturated rings. The molecule has 1 heterocycles. The van der Waals surface area contributed by atoms with E-state index in [4.69, 9.17) is 0 Å². The quantitative estimate of drug-likeness (QED) is 0.788. The number of hydrogen-bond donors (Lipinski definition) is 1. The minimum Gasteiger partial charge on any atom is -0.381 e. The zero-order valence-electron chi connectivity index (χ0n) is 9.61. The van der Waals surface area contributed by atoms with Gasteiger partial charge in [-0.2, -0.15) is 4.91 Å². The molecule has 1 N–H and O–H groups in total. The second kappa shape index (κ2) is 4.79. The third kappa shape index (κ3) is 2.44. The number of hydrogen-bond acceptors (Lipinski definition) is 5. The summed E-state index contributed by atoms with van der Waals surface area (Å²) in [7, 11) is 0. The highest BCUT2D eigenvalue weighted by atomic mass is 32.1. The molecule has 0 unspecified atom stereocenters. The number of nitrogens with one attached hydrogen (secondary N) is 1. The Kier molecular flexibility index (Phi) is 3.38. The Morgan fingerprint density at radius 3 is 2.94 bits per heavy atom. The van der Waals surface area contributed by atoms with Crippen molar-refractivity contribution in [2.75, 3.05) is 6.54 Å². The summed E-state index contributed by atoms with van der Waals surface area (Å²) in [5, 5.41) is 9.14. The van der Waals surface area contributed by atoms with Gasteiger partial charge >= 0.3 is 0 Å². The smallest absolute Gasteiger partial charge is 0.139 e. The van der Waals surface area contributed by atoms with Crippen LogP contribution in [0, 0.1) is 4.91 Å². The number of aromatic nitrogens is 1. The van der Waals surface area contributed by atoms with Crippen molar-refractivity contribution in [3.63, 3.8) is 0 Å². The predicted octanol–water partition coefficient (Wildman–Crippen LogP) is 3.04. The van der Waals surface area contributed by atoms with Gasteiger partial charge in [-0.3, -0.25) is 0 Å². The lowest BCUT2D eigenvalue weighted by Gasteiger charge is -2.35. The molecule has 0 saturated heterocycles. The standard InChI is InChI=1S/C12H15N3OS/c1-3-10-7-17-11(14-10)9(2)13-8-12(15-16)5-4-6-12/h3,7,13H,1-2,4-6,8H2. The molecule has 5 heteroatoms. The van der Waals surface area contributed by atoms with Crippen LogP contribution in [0.1, 0.15) is 30.0 Å². The molecule has 1 aliphatic rings. The molecule has 0 spiro atoms. The Balaban J connectivity index is 1.93. The Morgan fingerprint density at radius 1 is 1.71 bits per heavy atom. The molecule has 1 aromatic rings. The molecule has 0 aliphatic heterocycles. The van der Waals surface area contributed by atoms with E-state index in [1.165, 1.54) is 11.3 Å². The molecule has 4 nitrogen and oxygen atoms in total. The van der Waals surface area contributed by atoms with Crippen LogP contribution in [0.25, 0.3) is 11.8 Å². The number of thiazole rings is 1. The normalized spacial score (nSPS) is 16.9. The lowest BCUT2D eigenvalue weighted by molar-refractivity contribution is 0.249. The monoisotopic (exact) mass is 249 g/mol. The fourth-order valence-corrected chi connectivity index (χ4v) is 2.50. The van der Waals surface area contributed by atoms with Gasteiger partial charge < -0.3 is 5.32 Å². The van der Waals surface area contributed by atoms with Crippen LogP contribution in [0.15, 0.2) is 23.7 Å². The molecule has 2 rings (SSSR count). The van der Waals surface area contributed by atoms with Gasteiger partial charge in [-0.25, -0.2) is 4.98 Å². The second-order valence-electron chi connectivity index (χ2n) is 4.28. The van der Waals surface area contributed by atoms with Gasteiger partial charge in [-0.05, 0) is 25.3 Å². The lowest BCUT2D eigenvalue weighted by atomic mass is 9.77. The van der Waals surface area contributed by atoms with Gasteiger partial charge in [0.2, 0.25) is 0 Å². The Morgan fingerprint density at radius 2 is 2.47 bits per heavy atom. The largest absolute Gasteiger partial charge is 0.381 e. The van der Waals surface area contributed by atoms with Crippen molar-refractivity contribution in [1.82, 2.24) is 10.3 Å². The van der Waals surface area contributed by atoms with Crippen LogP contribution in [0.4, 0.5) is 0 Å². The fourth-order valence-electron chi connectivity index (χ4n) is 1.75. The van der Waals surface area contributed by atoms with Crippen LogP contribution in [-0.2, 0) is 0 Å². The van der Waals surface area contributed by atoms with Gasteiger partial charge in [0, 0.05) is 11.9 Å². The third-order valence-electron chi connectivity index (χ3n) is 3.10. The first-order valence-corrected chi connectivity index (χ1v) is 6.43. The molecule has 1 aliphatic carbocycles. The second-order valence-corrected chi connectivity index (χ2v) is 5.14. The molecule has 90 valence electrons. The van der Waals surface area contributed by atoms with Crippen molar-refractivity contribution in [3.8, 4) is 0 Å². The van der Waals surface area contributed by atoms with E-state index in [0.29, 0.717) is 6.54 Å². The fraction of sp³-hybridized carbons (Fsp3) is 0.417. The molecule has 17 heavy (non-hydrogen) atoms. The Labute approximate surface area is 104 Å². The van der Waals surface area contributed by atoms with E-state index in [1.807, 2.05) is 5.38 Å². The van der Waals surface area contributed by atoms with Crippen LogP contribution in [0.3, 0.4) is 0 Å². The van der Waals surface area contributed by atoms with Crippen molar-refractivity contribution in [2.24, 2.45) is 5.18 Å². The molecule has 0 amide bonds. The van der Waals surface area contributed by atoms with E-state index in [9.17, 15) is 4.91 Å². The number of nitrogens with zero attached hydrogens (tertiary/aromatic N) is 2. The van der Waals surface area contributed by atoms with Gasteiger partial charge in [0.05, 0.1) is 11.4 Å². The average Bonchev–Trinajstić information content (AvgIpc) is 2.76. The van der Waals surface area contributed by atoms with E-state index < -0.39 is 5.54 Å². The van der Waals surface area contributed by atoms with Crippen LogP contribution in [0.5, 0.6) is 0 Å². The zero-order chi connectivity index (χ0) is 12.3. The molecule has 0 aromatic carbocycles. The summed E-state index contributed by atoms with van der Waals surface area (Å²) in [6.45, 7) is 8.14. The molecule has 1 aromatic heterocycles. The Bertz CT molecular complexity index is 448. The zero-order valence-corrected chi connectivity index (χ0v) is 10.4. The van der Waals surface area contributed by atoms with E-state index in [0.717, 1.165) is 35.7 Å². The van der Waals surface area contributed by atoms with E-state index >= 15 is 0 Å². The molecule has 0 atom stereocenters. The molecule has 0 radical (unpaired) electrons. The molecular weight excluding hydrogens is 234 g/mol. The first kappa shape index (κ1) is 12.0. The van der Waals surface area contributed by atoms with Gasteiger partial charge in [0.15, 0.2) is 0 Å². The SMILES string of the molecule is C=Cc1csc(C(=C)NCC2(N=O)CCC2)n1. The summed E-state index contributed by atoms with van der Waals surface area (Å²) in [6.07, 6.45) is 4.52. The number of nitroso groups, excluding NO2 is 1. The summed E-state index contributed by atoms with van der Waals surface area (Å²) in [6, 6.07) is 0. The lowest BCUT2D eigenvalue weighted by Crippen LogP contribution is -2.43. The van der Waals surface area contributed by atoms with Crippen LogP contribution in [-0.4, -0.2) is 17.1 Å². The number of rotatable bonds is 6. The summed E-state index contributed by atoms with van der Waals surface area (Å²) in [5.74, 6) is 0. The Hall–Kier alpha value is -1.49. The van der Waals surface area contributed by atoms with Gasteiger partial charge in [0.25, 0.3) is 0 Å². The van der Waals surface area contributed by atoms with Gasteiger partial charge in [0.1, 0.15) is 10.5 Å². The highest BCUT2D eigenvalue weighted by Crippen LogP contribution is 2.35. The summed E-state index contributed by atoms with van der Waals surface area (Å²) in [5.41, 5.74) is 1.18. The van der Waals surface area contributed by atoms with Crippen LogP contribution >= 0.6 is 11.3 Å². The van der Waals surface area contributed by atoms with E-state index in [1.54, 1.807) is 6.08 Å². The van der Waals surface area contributed by atoms with Crippen molar-refractivity contribution >= 4 is 23.1 Å². The minimum absolute atomic E-state index is 0.415. The predicted molar refractivity (Wildman–Crippen MR) is 71.6 cm³/mol. The maximum atomic E-state index is 10.8. The van der Waals surface area contributed by atoms with Gasteiger partial charge in [-0.15, -0.1) is 11.3 Å². The highest BCUT2D eigenvalue weighted by molar-refractivity contribution is 7.10. The molecule has 1 saturated carbocycles. The molecule has 0 bridgehead atoms. The first-order chi connectivity index (χ1) is 8.19. The topological polar surface area (TPSA) is 54.4 Å². The molecular formula is C12H15N3OS. The maximum Gasteiger partial charge on any atom is 0.139 e. The summed E-state index contributed by atoms with van der Waals surface area (Å²) in [4.78, 5) is 15.1. The maximum absolute atomic E-state index is 10.8. The first-order valence-electron chi connectivity index (χ1n) is 5.55. The third-order valence-corrected chi connectivity index (χ3v) is 4.02. The highest BCUT2D eigenvalue weighted by Gasteiger charge is 2.38. The van der Waals surface area contributed by atoms with Crippen LogP contribution in [0.2, 0.25) is 0 Å².